The lowest BCUT2D eigenvalue weighted by Crippen LogP contribution is -2.34. The first kappa shape index (κ1) is 17.8. The monoisotopic (exact) mass is 353 g/mol. The number of halogens is 1. The molecule has 2 aromatic carbocycles. The standard InChI is InChI=1S/C20H20FN3O2/c1-4-24-17-10-13(3)12(2)9-16(17)23-18(20(24)26)19(25)22-11-14-5-7-15(21)8-6-14/h5-10H,4,11H2,1-3H3,(H,22,25). The van der Waals surface area contributed by atoms with Gasteiger partial charge in [-0.05, 0) is 61.7 Å². The average molecular weight is 353 g/mol. The number of aryl methyl sites for hydroxylation is 3. The van der Waals surface area contributed by atoms with Crippen LogP contribution in [0.15, 0.2) is 41.2 Å². The molecule has 0 spiro atoms. The van der Waals surface area contributed by atoms with Crippen LogP contribution in [0.2, 0.25) is 0 Å². The molecule has 5 nitrogen and oxygen atoms in total. The fourth-order valence-electron chi connectivity index (χ4n) is 2.83. The van der Waals surface area contributed by atoms with E-state index in [1.54, 1.807) is 16.7 Å². The topological polar surface area (TPSA) is 64.0 Å². The molecule has 0 saturated heterocycles. The van der Waals surface area contributed by atoms with E-state index in [-0.39, 0.29) is 18.1 Å². The number of hydrogen-bond donors (Lipinski definition) is 1. The predicted octanol–water partition coefficient (Wildman–Crippen LogP) is 3.10. The van der Waals surface area contributed by atoms with E-state index in [0.717, 1.165) is 22.2 Å². The molecule has 0 radical (unpaired) electrons. The molecule has 1 amide bonds. The van der Waals surface area contributed by atoms with Crippen molar-refractivity contribution in [3.05, 3.63) is 75.0 Å². The smallest absolute Gasteiger partial charge is 0.282 e. The van der Waals surface area contributed by atoms with E-state index >= 15 is 0 Å². The lowest BCUT2D eigenvalue weighted by atomic mass is 10.1. The Morgan fingerprint density at radius 1 is 1.15 bits per heavy atom. The van der Waals surface area contributed by atoms with Crippen LogP contribution in [0.4, 0.5) is 4.39 Å². The molecule has 1 aromatic heterocycles. The molecule has 3 aromatic rings. The molecule has 0 fully saturated rings. The zero-order chi connectivity index (χ0) is 18.8. The molecule has 3 rings (SSSR count). The van der Waals surface area contributed by atoms with Crippen molar-refractivity contribution < 1.29 is 9.18 Å². The van der Waals surface area contributed by atoms with Crippen molar-refractivity contribution in [3.63, 3.8) is 0 Å². The van der Waals surface area contributed by atoms with Crippen LogP contribution in [0.5, 0.6) is 0 Å². The normalized spacial score (nSPS) is 10.9. The van der Waals surface area contributed by atoms with Gasteiger partial charge in [0.25, 0.3) is 11.5 Å². The Morgan fingerprint density at radius 2 is 1.81 bits per heavy atom. The lowest BCUT2D eigenvalue weighted by molar-refractivity contribution is 0.0944. The third kappa shape index (κ3) is 3.35. The number of hydrogen-bond acceptors (Lipinski definition) is 3. The highest BCUT2D eigenvalue weighted by atomic mass is 19.1. The number of carbonyl (C=O) groups excluding carboxylic acids is 1. The zero-order valence-corrected chi connectivity index (χ0v) is 15.0. The first-order valence-corrected chi connectivity index (χ1v) is 8.45. The summed E-state index contributed by atoms with van der Waals surface area (Å²) in [7, 11) is 0. The predicted molar refractivity (Wildman–Crippen MR) is 98.7 cm³/mol. The first-order valence-electron chi connectivity index (χ1n) is 8.45. The van der Waals surface area contributed by atoms with E-state index in [2.05, 4.69) is 10.3 Å². The minimum Gasteiger partial charge on any atom is -0.346 e. The van der Waals surface area contributed by atoms with Crippen molar-refractivity contribution >= 4 is 16.9 Å². The van der Waals surface area contributed by atoms with Crippen molar-refractivity contribution in [2.24, 2.45) is 0 Å². The summed E-state index contributed by atoms with van der Waals surface area (Å²) in [5.74, 6) is -0.880. The molecule has 0 aliphatic heterocycles. The summed E-state index contributed by atoms with van der Waals surface area (Å²) < 4.78 is 14.5. The molecule has 0 atom stereocenters. The van der Waals surface area contributed by atoms with Gasteiger partial charge in [0.15, 0.2) is 5.69 Å². The Kier molecular flexibility index (Phi) is 4.84. The Labute approximate surface area is 150 Å². The molecule has 0 aliphatic rings. The molecule has 0 aliphatic carbocycles. The summed E-state index contributed by atoms with van der Waals surface area (Å²) in [5, 5.41) is 2.68. The Hall–Kier alpha value is -3.02. The van der Waals surface area contributed by atoms with Gasteiger partial charge in [-0.15, -0.1) is 0 Å². The number of carbonyl (C=O) groups is 1. The maximum atomic E-state index is 13.0. The number of amides is 1. The Morgan fingerprint density at radius 3 is 2.46 bits per heavy atom. The van der Waals surface area contributed by atoms with E-state index in [1.165, 1.54) is 12.1 Å². The van der Waals surface area contributed by atoms with E-state index in [1.807, 2.05) is 32.9 Å². The lowest BCUT2D eigenvalue weighted by Gasteiger charge is -2.12. The maximum absolute atomic E-state index is 13.0. The molecular weight excluding hydrogens is 333 g/mol. The molecule has 0 saturated carbocycles. The van der Waals surface area contributed by atoms with Gasteiger partial charge in [0, 0.05) is 13.1 Å². The number of fused-ring (bicyclic) bond motifs is 1. The van der Waals surface area contributed by atoms with Crippen LogP contribution in [-0.2, 0) is 13.1 Å². The fourth-order valence-corrected chi connectivity index (χ4v) is 2.83. The third-order valence-electron chi connectivity index (χ3n) is 4.46. The summed E-state index contributed by atoms with van der Waals surface area (Å²) in [4.78, 5) is 29.5. The Balaban J connectivity index is 1.97. The van der Waals surface area contributed by atoms with Gasteiger partial charge in [0.05, 0.1) is 11.0 Å². The molecule has 0 unspecified atom stereocenters. The quantitative estimate of drug-likeness (QED) is 0.784. The third-order valence-corrected chi connectivity index (χ3v) is 4.46. The van der Waals surface area contributed by atoms with Gasteiger partial charge in [0.2, 0.25) is 0 Å². The second-order valence-corrected chi connectivity index (χ2v) is 6.24. The maximum Gasteiger partial charge on any atom is 0.282 e. The van der Waals surface area contributed by atoms with Crippen molar-refractivity contribution in [1.82, 2.24) is 14.9 Å². The highest BCUT2D eigenvalue weighted by Crippen LogP contribution is 2.17. The van der Waals surface area contributed by atoms with Gasteiger partial charge in [0.1, 0.15) is 5.82 Å². The minimum absolute atomic E-state index is 0.135. The van der Waals surface area contributed by atoms with Crippen LogP contribution >= 0.6 is 0 Å². The van der Waals surface area contributed by atoms with Crippen molar-refractivity contribution in [2.75, 3.05) is 0 Å². The number of benzene rings is 2. The van der Waals surface area contributed by atoms with E-state index in [9.17, 15) is 14.0 Å². The largest absolute Gasteiger partial charge is 0.346 e. The van der Waals surface area contributed by atoms with Crippen LogP contribution in [-0.4, -0.2) is 15.5 Å². The van der Waals surface area contributed by atoms with Crippen LogP contribution in [0, 0.1) is 19.7 Å². The van der Waals surface area contributed by atoms with Crippen LogP contribution in [0.25, 0.3) is 11.0 Å². The molecule has 6 heteroatoms. The van der Waals surface area contributed by atoms with Gasteiger partial charge in [-0.2, -0.15) is 0 Å². The van der Waals surface area contributed by atoms with E-state index < -0.39 is 11.5 Å². The SMILES string of the molecule is CCn1c(=O)c(C(=O)NCc2ccc(F)cc2)nc2cc(C)c(C)cc21. The number of aromatic nitrogens is 2. The molecule has 1 N–H and O–H groups in total. The summed E-state index contributed by atoms with van der Waals surface area (Å²) in [6, 6.07) is 9.62. The van der Waals surface area contributed by atoms with Gasteiger partial charge in [-0.3, -0.25) is 9.59 Å². The summed E-state index contributed by atoms with van der Waals surface area (Å²) in [6.45, 7) is 6.43. The number of nitrogens with one attached hydrogen (secondary N) is 1. The fraction of sp³-hybridized carbons (Fsp3) is 0.250. The molecule has 26 heavy (non-hydrogen) atoms. The minimum atomic E-state index is -0.540. The highest BCUT2D eigenvalue weighted by Gasteiger charge is 2.17. The van der Waals surface area contributed by atoms with Crippen LogP contribution in [0.3, 0.4) is 0 Å². The van der Waals surface area contributed by atoms with Crippen molar-refractivity contribution in [2.45, 2.75) is 33.9 Å². The molecule has 1 heterocycles. The molecular formula is C20H20FN3O2. The van der Waals surface area contributed by atoms with Gasteiger partial charge in [-0.1, -0.05) is 12.1 Å². The van der Waals surface area contributed by atoms with E-state index in [4.69, 9.17) is 0 Å². The van der Waals surface area contributed by atoms with Crippen LogP contribution in [0.1, 0.15) is 34.1 Å². The second-order valence-electron chi connectivity index (χ2n) is 6.24. The Bertz CT molecular complexity index is 1040. The van der Waals surface area contributed by atoms with Crippen molar-refractivity contribution in [3.8, 4) is 0 Å². The van der Waals surface area contributed by atoms with Gasteiger partial charge in [-0.25, -0.2) is 9.37 Å². The molecule has 0 bridgehead atoms. The molecule has 134 valence electrons. The first-order chi connectivity index (χ1) is 12.4. The summed E-state index contributed by atoms with van der Waals surface area (Å²) in [6.07, 6.45) is 0. The highest BCUT2D eigenvalue weighted by molar-refractivity contribution is 5.94. The second kappa shape index (κ2) is 7.07. The van der Waals surface area contributed by atoms with Crippen molar-refractivity contribution in [1.29, 1.82) is 0 Å². The summed E-state index contributed by atoms with van der Waals surface area (Å²) in [5.41, 5.74) is 3.63. The zero-order valence-electron chi connectivity index (χ0n) is 15.0. The van der Waals surface area contributed by atoms with E-state index in [0.29, 0.717) is 12.1 Å². The number of rotatable bonds is 4. The average Bonchev–Trinajstić information content (AvgIpc) is 2.62. The number of nitrogens with zero attached hydrogens (tertiary/aromatic N) is 2. The summed E-state index contributed by atoms with van der Waals surface area (Å²) >= 11 is 0. The van der Waals surface area contributed by atoms with Gasteiger partial charge >= 0.3 is 0 Å². The van der Waals surface area contributed by atoms with Crippen LogP contribution < -0.4 is 10.9 Å². The van der Waals surface area contributed by atoms with Gasteiger partial charge < -0.3 is 9.88 Å².